The molecule has 4 aromatic rings. The molecule has 3 N–H and O–H groups in total. The molecule has 0 saturated carbocycles. The summed E-state index contributed by atoms with van der Waals surface area (Å²) < 4.78 is 52.2. The van der Waals surface area contributed by atoms with E-state index in [4.69, 9.17) is 24.1 Å². The number of alkyl halides is 2. The highest BCUT2D eigenvalue weighted by Crippen LogP contribution is 2.39. The summed E-state index contributed by atoms with van der Waals surface area (Å²) in [6.45, 7) is 0.929. The van der Waals surface area contributed by atoms with E-state index in [1.165, 1.54) is 6.20 Å². The van der Waals surface area contributed by atoms with Crippen LogP contribution in [0.4, 0.5) is 8.78 Å². The lowest BCUT2D eigenvalue weighted by Gasteiger charge is -2.20. The Kier molecular flexibility index (Phi) is 10.2. The van der Waals surface area contributed by atoms with E-state index in [9.17, 15) is 19.1 Å². The highest BCUT2D eigenvalue weighted by molar-refractivity contribution is 5.72. The summed E-state index contributed by atoms with van der Waals surface area (Å²) in [5, 5.41) is 31.0. The summed E-state index contributed by atoms with van der Waals surface area (Å²) in [5.41, 5.74) is 2.98. The quantitative estimate of drug-likeness (QED) is 0.195. The van der Waals surface area contributed by atoms with E-state index in [0.29, 0.717) is 70.6 Å². The summed E-state index contributed by atoms with van der Waals surface area (Å²) in [6, 6.07) is 19.0. The summed E-state index contributed by atoms with van der Waals surface area (Å²) >= 11 is 0. The number of fused-ring (bicyclic) bond motifs is 1. The van der Waals surface area contributed by atoms with Crippen LogP contribution in [0.2, 0.25) is 0 Å². The van der Waals surface area contributed by atoms with Gasteiger partial charge in [0.2, 0.25) is 0 Å². The molecule has 1 atom stereocenters. The Morgan fingerprint density at radius 3 is 2.59 bits per heavy atom. The minimum Gasteiger partial charge on any atom is -0.489 e. The number of aliphatic hydroxyl groups excluding tert-OH is 2. The average Bonchev–Trinajstić information content (AvgIpc) is 3.06. The van der Waals surface area contributed by atoms with Crippen molar-refractivity contribution in [2.24, 2.45) is 0 Å². The molecule has 2 heterocycles. The van der Waals surface area contributed by atoms with Crippen molar-refractivity contribution in [3.63, 3.8) is 0 Å². The molecule has 9 nitrogen and oxygen atoms in total. The molecule has 0 amide bonds. The normalized spacial score (nSPS) is 12.9. The Hall–Kier alpha value is -4.76. The summed E-state index contributed by atoms with van der Waals surface area (Å²) in [5.74, 6) is 1.94. The molecular weight excluding hydrogens is 572 g/mol. The van der Waals surface area contributed by atoms with E-state index in [0.717, 1.165) is 5.56 Å². The molecule has 0 radical (unpaired) electrons. The van der Waals surface area contributed by atoms with Gasteiger partial charge in [-0.1, -0.05) is 30.3 Å². The van der Waals surface area contributed by atoms with Crippen LogP contribution in [-0.4, -0.2) is 47.7 Å². The van der Waals surface area contributed by atoms with Crippen LogP contribution in [-0.2, 0) is 19.8 Å². The van der Waals surface area contributed by atoms with Gasteiger partial charge in [-0.05, 0) is 41.0 Å². The van der Waals surface area contributed by atoms with E-state index in [2.05, 4.69) is 10.3 Å². The van der Waals surface area contributed by atoms with Crippen molar-refractivity contribution in [2.45, 2.75) is 32.3 Å². The highest BCUT2D eigenvalue weighted by atomic mass is 19.3. The van der Waals surface area contributed by atoms with Gasteiger partial charge in [0.15, 0.2) is 11.5 Å². The second-order valence-corrected chi connectivity index (χ2v) is 10.0. The minimum atomic E-state index is -2.75. The highest BCUT2D eigenvalue weighted by Gasteiger charge is 2.21. The van der Waals surface area contributed by atoms with Crippen molar-refractivity contribution < 1.29 is 37.9 Å². The van der Waals surface area contributed by atoms with Gasteiger partial charge in [-0.3, -0.25) is 4.98 Å². The number of nitrogens with zero attached hydrogens (tertiary/aromatic N) is 2. The Labute approximate surface area is 253 Å². The molecule has 1 unspecified atom stereocenters. The van der Waals surface area contributed by atoms with Crippen molar-refractivity contribution in [2.75, 3.05) is 26.4 Å². The molecule has 1 aliphatic heterocycles. The van der Waals surface area contributed by atoms with Crippen LogP contribution in [0, 0.1) is 11.3 Å². The van der Waals surface area contributed by atoms with Crippen LogP contribution in [0.25, 0.3) is 11.1 Å². The number of hydrogen-bond donors (Lipinski definition) is 3. The first-order valence-corrected chi connectivity index (χ1v) is 14.0. The Balaban J connectivity index is 1.36. The van der Waals surface area contributed by atoms with Gasteiger partial charge >= 0.3 is 0 Å². The molecule has 3 aromatic carbocycles. The van der Waals surface area contributed by atoms with Gasteiger partial charge in [-0.15, -0.1) is 0 Å². The van der Waals surface area contributed by atoms with Gasteiger partial charge in [-0.2, -0.15) is 5.26 Å². The predicted octanol–water partition coefficient (Wildman–Crippen LogP) is 4.93. The number of nitrogens with one attached hydrogen (secondary N) is 1. The van der Waals surface area contributed by atoms with E-state index in [1.54, 1.807) is 66.9 Å². The molecule has 228 valence electrons. The Bertz CT molecular complexity index is 1630. The number of aromatic nitrogens is 1. The molecule has 11 heteroatoms. The largest absolute Gasteiger partial charge is 0.489 e. The number of halogens is 2. The molecule has 0 bridgehead atoms. The first-order chi connectivity index (χ1) is 21.4. The zero-order valence-electron chi connectivity index (χ0n) is 23.7. The summed E-state index contributed by atoms with van der Waals surface area (Å²) in [7, 11) is 0. The van der Waals surface area contributed by atoms with Crippen LogP contribution in [0.1, 0.15) is 34.2 Å². The standard InChI is InChI=1S/C33H31F2N3O6/c34-33(35)32-25(2-1-3-28(32)23-5-7-29-31(11-23)42-9-8-41-29)20-43-27-6-4-24(16-38-17-26(40)18-39)30(12-27)44-19-22-10-21(13-36)14-37-15-22/h1-7,10-12,14-15,26,33,38-40H,8-9,16-20H2. The molecular formula is C33H31F2N3O6. The monoisotopic (exact) mass is 603 g/mol. The van der Waals surface area contributed by atoms with Crippen LogP contribution >= 0.6 is 0 Å². The van der Waals surface area contributed by atoms with Gasteiger partial charge in [0.1, 0.15) is 44.0 Å². The fourth-order valence-corrected chi connectivity index (χ4v) is 4.75. The van der Waals surface area contributed by atoms with Crippen LogP contribution in [0.5, 0.6) is 23.0 Å². The zero-order valence-corrected chi connectivity index (χ0v) is 23.7. The van der Waals surface area contributed by atoms with Crippen LogP contribution < -0.4 is 24.3 Å². The number of hydrogen-bond acceptors (Lipinski definition) is 9. The number of aliphatic hydroxyl groups is 2. The summed E-state index contributed by atoms with van der Waals surface area (Å²) in [4.78, 5) is 4.06. The number of benzene rings is 3. The maximum atomic E-state index is 14.5. The number of pyridine rings is 1. The Morgan fingerprint density at radius 2 is 1.80 bits per heavy atom. The van der Waals surface area contributed by atoms with Crippen LogP contribution in [0.15, 0.2) is 73.1 Å². The first-order valence-electron chi connectivity index (χ1n) is 14.0. The third-order valence-corrected chi connectivity index (χ3v) is 6.93. The molecule has 0 spiro atoms. The summed E-state index contributed by atoms with van der Waals surface area (Å²) in [6.07, 6.45) is -0.617. The minimum absolute atomic E-state index is 0.116. The average molecular weight is 604 g/mol. The number of rotatable bonds is 13. The molecule has 5 rings (SSSR count). The number of nitriles is 1. The van der Waals surface area contributed by atoms with Crippen molar-refractivity contribution in [1.29, 1.82) is 5.26 Å². The second kappa shape index (κ2) is 14.6. The molecule has 0 saturated heterocycles. The zero-order chi connectivity index (χ0) is 30.9. The maximum absolute atomic E-state index is 14.5. The van der Waals surface area contributed by atoms with Gasteiger partial charge in [0, 0.05) is 48.2 Å². The molecule has 1 aliphatic rings. The van der Waals surface area contributed by atoms with Crippen LogP contribution in [0.3, 0.4) is 0 Å². The molecule has 44 heavy (non-hydrogen) atoms. The Morgan fingerprint density at radius 1 is 0.955 bits per heavy atom. The van der Waals surface area contributed by atoms with Gasteiger partial charge < -0.3 is 34.5 Å². The molecule has 1 aromatic heterocycles. The van der Waals surface area contributed by atoms with Crippen molar-refractivity contribution in [3.8, 4) is 40.2 Å². The first kappa shape index (κ1) is 30.7. The second-order valence-electron chi connectivity index (χ2n) is 10.0. The fraction of sp³-hybridized carbons (Fsp3) is 0.273. The lowest BCUT2D eigenvalue weighted by atomic mass is 9.95. The lowest BCUT2D eigenvalue weighted by Crippen LogP contribution is -2.29. The van der Waals surface area contributed by atoms with E-state index < -0.39 is 12.5 Å². The fourth-order valence-electron chi connectivity index (χ4n) is 4.75. The smallest absolute Gasteiger partial charge is 0.264 e. The van der Waals surface area contributed by atoms with Crippen molar-refractivity contribution in [1.82, 2.24) is 10.3 Å². The lowest BCUT2D eigenvalue weighted by molar-refractivity contribution is 0.0941. The van der Waals surface area contributed by atoms with Gasteiger partial charge in [-0.25, -0.2) is 8.78 Å². The molecule has 0 aliphatic carbocycles. The van der Waals surface area contributed by atoms with E-state index in [-0.39, 0.29) is 31.9 Å². The SMILES string of the molecule is N#Cc1cncc(COc2cc(OCc3cccc(-c4ccc5c(c4)OCCO5)c3C(F)F)ccc2CNCC(O)CO)c1. The van der Waals surface area contributed by atoms with Gasteiger partial charge in [0.25, 0.3) is 6.43 Å². The van der Waals surface area contributed by atoms with Crippen molar-refractivity contribution in [3.05, 3.63) is 101 Å². The van der Waals surface area contributed by atoms with E-state index in [1.807, 2.05) is 6.07 Å². The maximum Gasteiger partial charge on any atom is 0.264 e. The topological polar surface area (TPSA) is 126 Å². The number of ether oxygens (including phenoxy) is 4. The predicted molar refractivity (Wildman–Crippen MR) is 157 cm³/mol. The molecule has 0 fully saturated rings. The third-order valence-electron chi connectivity index (χ3n) is 6.93. The van der Waals surface area contributed by atoms with E-state index >= 15 is 0 Å². The van der Waals surface area contributed by atoms with Crippen molar-refractivity contribution >= 4 is 0 Å². The van der Waals surface area contributed by atoms with Gasteiger partial charge in [0.05, 0.1) is 18.3 Å². The third kappa shape index (κ3) is 7.60.